The zero-order chi connectivity index (χ0) is 17.0. The third-order valence-corrected chi connectivity index (χ3v) is 4.06. The maximum atomic E-state index is 11.9. The van der Waals surface area contributed by atoms with Gasteiger partial charge in [-0.1, -0.05) is 23.2 Å². The minimum Gasteiger partial charge on any atom is -0.444 e. The van der Waals surface area contributed by atoms with Gasteiger partial charge in [0, 0.05) is 27.8 Å². The van der Waals surface area contributed by atoms with Crippen molar-refractivity contribution in [2.75, 3.05) is 5.32 Å². The molecular formula is C17H24Cl2N2O2. The smallest absolute Gasteiger partial charge is 0.407 e. The molecule has 1 aromatic rings. The van der Waals surface area contributed by atoms with E-state index in [1.807, 2.05) is 32.9 Å². The van der Waals surface area contributed by atoms with E-state index in [4.69, 9.17) is 27.9 Å². The molecule has 128 valence electrons. The molecule has 1 saturated carbocycles. The molecule has 1 aromatic carbocycles. The Morgan fingerprint density at radius 3 is 2.35 bits per heavy atom. The predicted molar refractivity (Wildman–Crippen MR) is 95.5 cm³/mol. The van der Waals surface area contributed by atoms with Gasteiger partial charge < -0.3 is 15.4 Å². The molecule has 0 heterocycles. The molecule has 4 nitrogen and oxygen atoms in total. The van der Waals surface area contributed by atoms with E-state index in [0.717, 1.165) is 31.4 Å². The van der Waals surface area contributed by atoms with Crippen LogP contribution >= 0.6 is 23.2 Å². The van der Waals surface area contributed by atoms with Gasteiger partial charge in [0.2, 0.25) is 0 Å². The van der Waals surface area contributed by atoms with Gasteiger partial charge in [0.25, 0.3) is 0 Å². The molecule has 0 aliphatic heterocycles. The van der Waals surface area contributed by atoms with Crippen molar-refractivity contribution in [3.05, 3.63) is 28.2 Å². The predicted octanol–water partition coefficient (Wildman–Crippen LogP) is 5.24. The van der Waals surface area contributed by atoms with E-state index in [-0.39, 0.29) is 18.2 Å². The number of ether oxygens (including phenoxy) is 1. The Bertz CT molecular complexity index is 538. The summed E-state index contributed by atoms with van der Waals surface area (Å²) >= 11 is 12.1. The van der Waals surface area contributed by atoms with Gasteiger partial charge >= 0.3 is 6.09 Å². The summed E-state index contributed by atoms with van der Waals surface area (Å²) in [5.41, 5.74) is 0.430. The maximum Gasteiger partial charge on any atom is 0.407 e. The van der Waals surface area contributed by atoms with Crippen LogP contribution < -0.4 is 10.6 Å². The number of halogens is 2. The Hall–Kier alpha value is -1.13. The molecule has 6 heteroatoms. The molecule has 23 heavy (non-hydrogen) atoms. The highest BCUT2D eigenvalue weighted by Crippen LogP contribution is 2.27. The number of carbonyl (C=O) groups excluding carboxylic acids is 1. The fraction of sp³-hybridized carbons (Fsp3) is 0.588. The van der Waals surface area contributed by atoms with E-state index in [0.29, 0.717) is 10.0 Å². The van der Waals surface area contributed by atoms with Crippen LogP contribution in [0.3, 0.4) is 0 Å². The molecule has 1 fully saturated rings. The summed E-state index contributed by atoms with van der Waals surface area (Å²) in [4.78, 5) is 11.9. The van der Waals surface area contributed by atoms with Crippen molar-refractivity contribution >= 4 is 35.0 Å². The van der Waals surface area contributed by atoms with E-state index in [1.54, 1.807) is 6.07 Å². The van der Waals surface area contributed by atoms with E-state index >= 15 is 0 Å². The van der Waals surface area contributed by atoms with Crippen molar-refractivity contribution in [3.63, 3.8) is 0 Å². The second kappa shape index (κ2) is 7.63. The quantitative estimate of drug-likeness (QED) is 0.776. The number of benzene rings is 1. The van der Waals surface area contributed by atoms with Crippen molar-refractivity contribution in [3.8, 4) is 0 Å². The molecule has 2 unspecified atom stereocenters. The van der Waals surface area contributed by atoms with Crippen molar-refractivity contribution in [2.24, 2.45) is 0 Å². The highest BCUT2D eigenvalue weighted by Gasteiger charge is 2.25. The molecule has 1 aliphatic carbocycles. The zero-order valence-corrected chi connectivity index (χ0v) is 15.3. The molecule has 1 amide bonds. The van der Waals surface area contributed by atoms with Crippen LogP contribution in [0.5, 0.6) is 0 Å². The summed E-state index contributed by atoms with van der Waals surface area (Å²) < 4.78 is 5.32. The molecule has 2 rings (SSSR count). The van der Waals surface area contributed by atoms with Crippen LogP contribution in [0.4, 0.5) is 10.5 Å². The molecule has 1 aliphatic rings. The summed E-state index contributed by atoms with van der Waals surface area (Å²) in [6.07, 6.45) is 3.56. The number of anilines is 1. The topological polar surface area (TPSA) is 50.4 Å². The average Bonchev–Trinajstić information content (AvgIpc) is 2.35. The Morgan fingerprint density at radius 2 is 1.74 bits per heavy atom. The Morgan fingerprint density at radius 1 is 1.13 bits per heavy atom. The second-order valence-electron chi connectivity index (χ2n) is 7.01. The fourth-order valence-electron chi connectivity index (χ4n) is 2.80. The lowest BCUT2D eigenvalue weighted by atomic mass is 9.91. The van der Waals surface area contributed by atoms with Crippen LogP contribution in [0.25, 0.3) is 0 Å². The molecule has 2 N–H and O–H groups in total. The Labute approximate surface area is 147 Å². The highest BCUT2D eigenvalue weighted by atomic mass is 35.5. The van der Waals surface area contributed by atoms with Crippen LogP contribution in [-0.2, 0) is 4.74 Å². The van der Waals surface area contributed by atoms with Gasteiger partial charge in [0.15, 0.2) is 0 Å². The zero-order valence-electron chi connectivity index (χ0n) is 13.8. The van der Waals surface area contributed by atoms with Gasteiger partial charge in [-0.2, -0.15) is 0 Å². The SMILES string of the molecule is CC(C)(C)OC(=O)NC1CCCC(Nc2cc(Cl)cc(Cl)c2)C1. The monoisotopic (exact) mass is 358 g/mol. The lowest BCUT2D eigenvalue weighted by Crippen LogP contribution is -2.43. The second-order valence-corrected chi connectivity index (χ2v) is 7.88. The first-order chi connectivity index (χ1) is 10.7. The molecule has 0 spiro atoms. The summed E-state index contributed by atoms with van der Waals surface area (Å²) in [5.74, 6) is 0. The average molecular weight is 359 g/mol. The van der Waals surface area contributed by atoms with E-state index in [2.05, 4.69) is 10.6 Å². The van der Waals surface area contributed by atoms with E-state index in [1.165, 1.54) is 0 Å². The fourth-order valence-corrected chi connectivity index (χ4v) is 3.33. The summed E-state index contributed by atoms with van der Waals surface area (Å²) in [6.45, 7) is 5.59. The van der Waals surface area contributed by atoms with E-state index < -0.39 is 5.60 Å². The molecule has 0 bridgehead atoms. The van der Waals surface area contributed by atoms with Crippen LogP contribution in [0.1, 0.15) is 46.5 Å². The van der Waals surface area contributed by atoms with Crippen molar-refractivity contribution < 1.29 is 9.53 Å². The van der Waals surface area contributed by atoms with Crippen molar-refractivity contribution in [2.45, 2.75) is 64.1 Å². The molecule has 2 atom stereocenters. The number of carbonyl (C=O) groups is 1. The minimum absolute atomic E-state index is 0.116. The lowest BCUT2D eigenvalue weighted by molar-refractivity contribution is 0.0492. The first kappa shape index (κ1) is 18.2. The number of alkyl carbamates (subject to hydrolysis) is 1. The van der Waals surface area contributed by atoms with Gasteiger partial charge in [0.1, 0.15) is 5.60 Å². The van der Waals surface area contributed by atoms with Gasteiger partial charge in [-0.3, -0.25) is 0 Å². The van der Waals surface area contributed by atoms with Gasteiger partial charge in [-0.05, 0) is 64.7 Å². The molecule has 0 radical (unpaired) electrons. The number of amides is 1. The Balaban J connectivity index is 1.89. The summed E-state index contributed by atoms with van der Waals surface area (Å²) in [6, 6.07) is 5.82. The summed E-state index contributed by atoms with van der Waals surface area (Å²) in [7, 11) is 0. The van der Waals surface area contributed by atoms with Crippen LogP contribution in [0, 0.1) is 0 Å². The van der Waals surface area contributed by atoms with Crippen LogP contribution in [0.2, 0.25) is 10.0 Å². The summed E-state index contributed by atoms with van der Waals surface area (Å²) in [5, 5.41) is 7.63. The largest absolute Gasteiger partial charge is 0.444 e. The maximum absolute atomic E-state index is 11.9. The van der Waals surface area contributed by atoms with Crippen LogP contribution in [0.15, 0.2) is 18.2 Å². The van der Waals surface area contributed by atoms with Gasteiger partial charge in [-0.25, -0.2) is 4.79 Å². The van der Waals surface area contributed by atoms with Gasteiger partial charge in [0.05, 0.1) is 0 Å². The molecule has 0 aromatic heterocycles. The molecular weight excluding hydrogens is 335 g/mol. The third kappa shape index (κ3) is 6.48. The first-order valence-corrected chi connectivity index (χ1v) is 8.69. The number of hydrogen-bond acceptors (Lipinski definition) is 3. The van der Waals surface area contributed by atoms with Gasteiger partial charge in [-0.15, -0.1) is 0 Å². The third-order valence-electron chi connectivity index (χ3n) is 3.63. The number of hydrogen-bond donors (Lipinski definition) is 2. The highest BCUT2D eigenvalue weighted by molar-refractivity contribution is 6.35. The minimum atomic E-state index is -0.478. The first-order valence-electron chi connectivity index (χ1n) is 7.93. The standard InChI is InChI=1S/C17H24Cl2N2O2/c1-17(2,3)23-16(22)21-14-6-4-5-13(10-14)20-15-8-11(18)7-12(19)9-15/h7-9,13-14,20H,4-6,10H2,1-3H3,(H,21,22). The lowest BCUT2D eigenvalue weighted by Gasteiger charge is -2.31. The Kier molecular flexibility index (Phi) is 6.04. The van der Waals surface area contributed by atoms with Crippen molar-refractivity contribution in [1.29, 1.82) is 0 Å². The number of rotatable bonds is 3. The molecule has 0 saturated heterocycles. The number of nitrogens with one attached hydrogen (secondary N) is 2. The van der Waals surface area contributed by atoms with Crippen molar-refractivity contribution in [1.82, 2.24) is 5.32 Å². The normalized spacial score (nSPS) is 21.6. The van der Waals surface area contributed by atoms with E-state index in [9.17, 15) is 4.79 Å². The van der Waals surface area contributed by atoms with Crippen LogP contribution in [-0.4, -0.2) is 23.8 Å².